The van der Waals surface area contributed by atoms with Crippen LogP contribution in [-0.2, 0) is 9.59 Å². The maximum absolute atomic E-state index is 11.5. The Morgan fingerprint density at radius 1 is 0.833 bits per heavy atom. The van der Waals surface area contributed by atoms with Crippen LogP contribution in [0.5, 0.6) is 0 Å². The first kappa shape index (κ1) is 16.6. The summed E-state index contributed by atoms with van der Waals surface area (Å²) in [7, 11) is 0. The Labute approximate surface area is 144 Å². The lowest BCUT2D eigenvalue weighted by molar-refractivity contribution is -0.135. The van der Waals surface area contributed by atoms with Crippen molar-refractivity contribution < 1.29 is 9.59 Å². The average molecular weight is 574 g/mol. The standard InChI is InChI=1S/C8H4Br5N3O2/c9-1-2(10)4(12)6(5(13)3(1)11)16(15)8(18)7(14)17/h15H2,(H2,14,17). The molecule has 0 unspecified atom stereocenters. The van der Waals surface area contributed by atoms with E-state index in [1.165, 1.54) is 0 Å². The van der Waals surface area contributed by atoms with E-state index in [0.717, 1.165) is 0 Å². The van der Waals surface area contributed by atoms with Crippen LogP contribution in [0.15, 0.2) is 22.4 Å². The monoisotopic (exact) mass is 569 g/mol. The number of benzene rings is 1. The first-order valence-corrected chi connectivity index (χ1v) is 8.06. The molecule has 0 aliphatic carbocycles. The molecule has 98 valence electrons. The first-order valence-electron chi connectivity index (χ1n) is 4.10. The number of halogens is 5. The van der Waals surface area contributed by atoms with Crippen LogP contribution in [-0.4, -0.2) is 11.8 Å². The molecule has 4 N–H and O–H groups in total. The lowest BCUT2D eigenvalue weighted by Crippen LogP contribution is -2.45. The Bertz CT molecular complexity index is 519. The highest BCUT2D eigenvalue weighted by Gasteiger charge is 2.26. The second-order valence-electron chi connectivity index (χ2n) is 2.96. The largest absolute Gasteiger partial charge is 0.361 e. The van der Waals surface area contributed by atoms with Gasteiger partial charge < -0.3 is 5.73 Å². The summed E-state index contributed by atoms with van der Waals surface area (Å²) in [5.74, 6) is 3.42. The van der Waals surface area contributed by atoms with E-state index in [4.69, 9.17) is 11.6 Å². The molecule has 0 spiro atoms. The van der Waals surface area contributed by atoms with Gasteiger partial charge in [0.25, 0.3) is 0 Å². The predicted octanol–water partition coefficient (Wildman–Crippen LogP) is 3.19. The van der Waals surface area contributed by atoms with Crippen LogP contribution >= 0.6 is 79.6 Å². The first-order chi connectivity index (χ1) is 8.20. The van der Waals surface area contributed by atoms with Crippen molar-refractivity contribution in [1.29, 1.82) is 0 Å². The molecule has 10 heteroatoms. The van der Waals surface area contributed by atoms with E-state index in [2.05, 4.69) is 79.6 Å². The van der Waals surface area contributed by atoms with E-state index >= 15 is 0 Å². The lowest BCUT2D eigenvalue weighted by Gasteiger charge is -2.20. The summed E-state index contributed by atoms with van der Waals surface area (Å²) in [4.78, 5) is 22.4. The molecule has 0 bridgehead atoms. The second kappa shape index (κ2) is 6.31. The number of primary amides is 1. The van der Waals surface area contributed by atoms with Gasteiger partial charge in [0.05, 0.1) is 14.6 Å². The Hall–Kier alpha value is 0.520. The van der Waals surface area contributed by atoms with Crippen molar-refractivity contribution in [1.82, 2.24) is 0 Å². The highest BCUT2D eigenvalue weighted by Crippen LogP contribution is 2.48. The normalized spacial score (nSPS) is 10.3. The molecule has 0 aromatic heterocycles. The van der Waals surface area contributed by atoms with Crippen molar-refractivity contribution in [2.75, 3.05) is 5.01 Å². The number of nitrogens with zero attached hydrogens (tertiary/aromatic N) is 1. The Kier molecular flexibility index (Phi) is 5.81. The predicted molar refractivity (Wildman–Crippen MR) is 85.8 cm³/mol. The summed E-state index contributed by atoms with van der Waals surface area (Å²) >= 11 is 16.5. The lowest BCUT2D eigenvalue weighted by atomic mass is 10.3. The van der Waals surface area contributed by atoms with Crippen molar-refractivity contribution in [3.05, 3.63) is 22.4 Å². The number of hydrazine groups is 1. The molecule has 0 saturated heterocycles. The van der Waals surface area contributed by atoms with Gasteiger partial charge in [0.15, 0.2) is 0 Å². The van der Waals surface area contributed by atoms with Crippen molar-refractivity contribution in [3.8, 4) is 0 Å². The van der Waals surface area contributed by atoms with E-state index in [9.17, 15) is 9.59 Å². The molecule has 2 amide bonds. The van der Waals surface area contributed by atoms with E-state index in [-0.39, 0.29) is 5.69 Å². The fourth-order valence-electron chi connectivity index (χ4n) is 1.03. The molecule has 0 aliphatic rings. The molecule has 18 heavy (non-hydrogen) atoms. The molecular formula is C8H4Br5N3O2. The molecule has 0 fully saturated rings. The summed E-state index contributed by atoms with van der Waals surface area (Å²) in [6.45, 7) is 0. The number of carbonyl (C=O) groups excluding carboxylic acids is 2. The third kappa shape index (κ3) is 2.98. The fraction of sp³-hybridized carbons (Fsp3) is 0. The molecule has 0 radical (unpaired) electrons. The van der Waals surface area contributed by atoms with Gasteiger partial charge in [-0.2, -0.15) is 0 Å². The average Bonchev–Trinajstić information content (AvgIpc) is 2.32. The molecule has 0 heterocycles. The van der Waals surface area contributed by atoms with Crippen LogP contribution in [0.4, 0.5) is 5.69 Å². The zero-order valence-electron chi connectivity index (χ0n) is 8.31. The zero-order valence-corrected chi connectivity index (χ0v) is 16.2. The van der Waals surface area contributed by atoms with Crippen molar-refractivity contribution in [2.24, 2.45) is 11.6 Å². The molecule has 1 aromatic carbocycles. The molecule has 5 nitrogen and oxygen atoms in total. The van der Waals surface area contributed by atoms with Gasteiger partial charge in [-0.25, -0.2) is 10.9 Å². The number of anilines is 1. The number of carbonyl (C=O) groups is 2. The number of nitrogens with two attached hydrogens (primary N) is 2. The summed E-state index contributed by atoms with van der Waals surface area (Å²) < 4.78 is 2.94. The van der Waals surface area contributed by atoms with Gasteiger partial charge in [-0.3, -0.25) is 9.59 Å². The summed E-state index contributed by atoms with van der Waals surface area (Å²) in [5, 5.41) is 0.665. The van der Waals surface area contributed by atoms with Crippen molar-refractivity contribution >= 4 is 97.2 Å². The van der Waals surface area contributed by atoms with Crippen LogP contribution in [0.3, 0.4) is 0 Å². The van der Waals surface area contributed by atoms with Crippen LogP contribution < -0.4 is 16.6 Å². The van der Waals surface area contributed by atoms with Gasteiger partial charge in [0.1, 0.15) is 0 Å². The van der Waals surface area contributed by atoms with Gasteiger partial charge in [-0.05, 0) is 79.6 Å². The van der Waals surface area contributed by atoms with Crippen molar-refractivity contribution in [3.63, 3.8) is 0 Å². The van der Waals surface area contributed by atoms with Crippen LogP contribution in [0, 0.1) is 0 Å². The van der Waals surface area contributed by atoms with Gasteiger partial charge in [0.2, 0.25) is 0 Å². The van der Waals surface area contributed by atoms with E-state index in [1.54, 1.807) is 0 Å². The molecule has 1 rings (SSSR count). The number of amides is 2. The molecule has 1 aromatic rings. The minimum Gasteiger partial charge on any atom is -0.361 e. The molecule has 0 atom stereocenters. The number of hydrogen-bond acceptors (Lipinski definition) is 3. The molecule has 0 saturated carbocycles. The van der Waals surface area contributed by atoms with Crippen LogP contribution in [0.2, 0.25) is 0 Å². The van der Waals surface area contributed by atoms with Gasteiger partial charge in [-0.1, -0.05) is 0 Å². The fourth-order valence-corrected chi connectivity index (χ4v) is 4.43. The summed E-state index contributed by atoms with van der Waals surface area (Å²) in [6, 6.07) is 0. The number of rotatable bonds is 1. The molecule has 0 aliphatic heterocycles. The van der Waals surface area contributed by atoms with Gasteiger partial charge in [-0.15, -0.1) is 0 Å². The second-order valence-corrected chi connectivity index (χ2v) is 6.92. The third-order valence-corrected chi connectivity index (χ3v) is 7.91. The minimum atomic E-state index is -1.15. The highest BCUT2D eigenvalue weighted by molar-refractivity contribution is 9.15. The van der Waals surface area contributed by atoms with Crippen molar-refractivity contribution in [2.45, 2.75) is 0 Å². The van der Waals surface area contributed by atoms with E-state index in [0.29, 0.717) is 27.4 Å². The van der Waals surface area contributed by atoms with E-state index in [1.807, 2.05) is 0 Å². The maximum Gasteiger partial charge on any atom is 0.330 e. The Morgan fingerprint density at radius 3 is 1.50 bits per heavy atom. The van der Waals surface area contributed by atoms with Crippen LogP contribution in [0.25, 0.3) is 0 Å². The highest BCUT2D eigenvalue weighted by atomic mass is 79.9. The molecular weight excluding hydrogens is 570 g/mol. The maximum atomic E-state index is 11.5. The Morgan fingerprint density at radius 2 is 1.17 bits per heavy atom. The smallest absolute Gasteiger partial charge is 0.330 e. The van der Waals surface area contributed by atoms with Gasteiger partial charge >= 0.3 is 11.8 Å². The number of hydrogen-bond donors (Lipinski definition) is 2. The topological polar surface area (TPSA) is 89.4 Å². The quantitative estimate of drug-likeness (QED) is 0.135. The van der Waals surface area contributed by atoms with E-state index < -0.39 is 11.8 Å². The van der Waals surface area contributed by atoms with Crippen LogP contribution in [0.1, 0.15) is 0 Å². The summed E-state index contributed by atoms with van der Waals surface area (Å²) in [5.41, 5.74) is 5.17. The third-order valence-electron chi connectivity index (χ3n) is 1.86. The summed E-state index contributed by atoms with van der Waals surface area (Å²) in [6.07, 6.45) is 0. The minimum absolute atomic E-state index is 0.265. The zero-order chi connectivity index (χ0) is 14.2. The SMILES string of the molecule is NC(=O)C(=O)N(N)c1c(Br)c(Br)c(Br)c(Br)c1Br. The van der Waals surface area contributed by atoms with Gasteiger partial charge in [0, 0.05) is 13.4 Å². The Balaban J connectivity index is 3.51.